The molecule has 4 N–H and O–H groups in total. The molecule has 1 heterocycles. The second kappa shape index (κ2) is 7.35. The molecule has 0 spiro atoms. The molecule has 2 aliphatic rings. The van der Waals surface area contributed by atoms with Gasteiger partial charge in [0.1, 0.15) is 23.0 Å². The topological polar surface area (TPSA) is 118 Å². The number of halogens is 1. The van der Waals surface area contributed by atoms with Gasteiger partial charge in [-0.3, -0.25) is 14.5 Å². The Kier molecular flexibility index (Phi) is 4.93. The van der Waals surface area contributed by atoms with E-state index in [1.54, 1.807) is 26.8 Å². The van der Waals surface area contributed by atoms with Crippen LogP contribution < -0.4 is 16.1 Å². The lowest BCUT2D eigenvalue weighted by molar-refractivity contribution is 0.323. The molecule has 1 aliphatic carbocycles. The summed E-state index contributed by atoms with van der Waals surface area (Å²) in [6.07, 6.45) is 1.99. The van der Waals surface area contributed by atoms with Crippen LogP contribution in [0.2, 0.25) is 0 Å². The molecule has 35 heavy (non-hydrogen) atoms. The number of phenols is 3. The molecular weight excluding hydrogens is 470 g/mol. The maximum absolute atomic E-state index is 13.8. The van der Waals surface area contributed by atoms with Crippen molar-refractivity contribution in [1.82, 2.24) is 4.90 Å². The van der Waals surface area contributed by atoms with Gasteiger partial charge in [0, 0.05) is 28.1 Å². The number of aromatic hydroxyl groups is 3. The van der Waals surface area contributed by atoms with E-state index in [-0.39, 0.29) is 63.2 Å². The molecule has 0 bridgehead atoms. The summed E-state index contributed by atoms with van der Waals surface area (Å²) in [5.41, 5.74) is -0.809. The Balaban J connectivity index is 0.00000253. The van der Waals surface area contributed by atoms with Gasteiger partial charge in [0.05, 0.1) is 21.6 Å². The van der Waals surface area contributed by atoms with Crippen LogP contribution >= 0.6 is 12.4 Å². The Labute approximate surface area is 206 Å². The van der Waals surface area contributed by atoms with Crippen LogP contribution in [0.5, 0.6) is 17.2 Å². The summed E-state index contributed by atoms with van der Waals surface area (Å²) in [5, 5.41) is 46.5. The van der Waals surface area contributed by atoms with Crippen molar-refractivity contribution in [3.63, 3.8) is 0 Å². The van der Waals surface area contributed by atoms with E-state index in [9.17, 15) is 30.0 Å². The van der Waals surface area contributed by atoms with Crippen molar-refractivity contribution in [2.75, 3.05) is 13.1 Å². The number of aryl methyl sites for hydroxylation is 1. The summed E-state index contributed by atoms with van der Waals surface area (Å²) < 4.78 is 0. The minimum Gasteiger partial charge on any atom is -0.511 e. The first kappa shape index (κ1) is 23.5. The van der Waals surface area contributed by atoms with E-state index >= 15 is 0 Å². The van der Waals surface area contributed by atoms with E-state index in [0.717, 1.165) is 25.9 Å². The SMILES string of the molecule is Cc1cc(=O)c2c(O)c3c(O)c(CN4CCCC4)c(=O)c4c3c3c(cc(O)c1c23)C(C)(C)C=4O.Cl. The summed E-state index contributed by atoms with van der Waals surface area (Å²) in [7, 11) is 0. The number of aliphatic hydroxyl groups is 1. The molecule has 0 radical (unpaired) electrons. The van der Waals surface area contributed by atoms with Crippen LogP contribution in [0.15, 0.2) is 21.7 Å². The zero-order valence-corrected chi connectivity index (χ0v) is 20.5. The lowest BCUT2D eigenvalue weighted by Crippen LogP contribution is -2.40. The first-order chi connectivity index (χ1) is 16.1. The highest BCUT2D eigenvalue weighted by Crippen LogP contribution is 2.51. The molecule has 4 aromatic rings. The molecular formula is C27H26ClNO6. The van der Waals surface area contributed by atoms with E-state index in [1.165, 1.54) is 6.07 Å². The number of benzene rings is 4. The van der Waals surface area contributed by atoms with Crippen LogP contribution in [-0.2, 0) is 12.0 Å². The van der Waals surface area contributed by atoms with Crippen molar-refractivity contribution < 1.29 is 20.4 Å². The van der Waals surface area contributed by atoms with E-state index in [2.05, 4.69) is 4.90 Å². The van der Waals surface area contributed by atoms with Crippen LogP contribution in [0.1, 0.15) is 43.4 Å². The van der Waals surface area contributed by atoms with Crippen molar-refractivity contribution in [2.45, 2.75) is 45.6 Å². The van der Waals surface area contributed by atoms with Crippen LogP contribution in [0.4, 0.5) is 0 Å². The first-order valence-electron chi connectivity index (χ1n) is 11.5. The summed E-state index contributed by atoms with van der Waals surface area (Å²) in [6.45, 7) is 6.97. The Bertz CT molecular complexity index is 1760. The van der Waals surface area contributed by atoms with Crippen molar-refractivity contribution in [1.29, 1.82) is 0 Å². The molecule has 1 saturated heterocycles. The molecule has 0 aromatic heterocycles. The third kappa shape index (κ3) is 2.76. The standard InChI is InChI=1S/C27H25NO6.ClH/c1-11-8-14(29)18-19-16(11)15(30)9-13-17(19)20-21(25(18)33)23(31)12(10-28-6-4-5-7-28)24(32)22(20)26(34)27(13,2)3;/h8-9,30-31,33-34H,4-7,10H2,1-3H3;1H. The molecule has 1 aliphatic heterocycles. The molecule has 0 unspecified atom stereocenters. The number of phenolic OH excluding ortho intramolecular Hbond substituents is 3. The lowest BCUT2D eigenvalue weighted by atomic mass is 9.72. The van der Waals surface area contributed by atoms with Gasteiger partial charge in [-0.25, -0.2) is 0 Å². The van der Waals surface area contributed by atoms with E-state index in [0.29, 0.717) is 27.3 Å². The van der Waals surface area contributed by atoms with Gasteiger partial charge < -0.3 is 20.4 Å². The summed E-state index contributed by atoms with van der Waals surface area (Å²) in [6, 6.07) is 2.90. The third-order valence-corrected chi connectivity index (χ3v) is 7.87. The van der Waals surface area contributed by atoms with E-state index < -0.39 is 22.0 Å². The fraction of sp³-hybridized carbons (Fsp3) is 0.333. The number of rotatable bonds is 2. The minimum atomic E-state index is -1.05. The number of hydrogen-bond acceptors (Lipinski definition) is 7. The van der Waals surface area contributed by atoms with Crippen molar-refractivity contribution in [3.05, 3.63) is 54.5 Å². The lowest BCUT2D eigenvalue weighted by Gasteiger charge is -2.32. The highest BCUT2D eigenvalue weighted by Gasteiger charge is 2.38. The van der Waals surface area contributed by atoms with E-state index in [1.807, 2.05) is 0 Å². The number of aliphatic hydroxyl groups excluding tert-OH is 1. The zero-order valence-electron chi connectivity index (χ0n) is 19.7. The molecule has 0 atom stereocenters. The molecule has 6 rings (SSSR count). The Morgan fingerprint density at radius 1 is 0.857 bits per heavy atom. The second-order valence-electron chi connectivity index (χ2n) is 10.2. The fourth-order valence-corrected chi connectivity index (χ4v) is 6.12. The first-order valence-corrected chi connectivity index (χ1v) is 11.5. The Morgan fingerprint density at radius 2 is 1.51 bits per heavy atom. The molecule has 182 valence electrons. The van der Waals surface area contributed by atoms with Gasteiger partial charge in [0.2, 0.25) is 0 Å². The molecule has 8 heteroatoms. The molecule has 7 nitrogen and oxygen atoms in total. The summed E-state index contributed by atoms with van der Waals surface area (Å²) in [4.78, 5) is 28.9. The van der Waals surface area contributed by atoms with Crippen molar-refractivity contribution in [2.24, 2.45) is 0 Å². The highest BCUT2D eigenvalue weighted by atomic mass is 35.5. The average molecular weight is 496 g/mol. The predicted octanol–water partition coefficient (Wildman–Crippen LogP) is 3.42. The van der Waals surface area contributed by atoms with Crippen molar-refractivity contribution >= 4 is 50.5 Å². The number of hydrogen-bond donors (Lipinski definition) is 4. The highest BCUT2D eigenvalue weighted by molar-refractivity contribution is 6.29. The van der Waals surface area contributed by atoms with Crippen LogP contribution in [0.25, 0.3) is 38.1 Å². The third-order valence-electron chi connectivity index (χ3n) is 7.87. The van der Waals surface area contributed by atoms with Crippen molar-refractivity contribution in [3.8, 4) is 17.2 Å². The quantitative estimate of drug-likeness (QED) is 0.248. The monoisotopic (exact) mass is 495 g/mol. The van der Waals surface area contributed by atoms with Gasteiger partial charge in [-0.1, -0.05) is 0 Å². The maximum Gasteiger partial charge on any atom is 0.198 e. The summed E-state index contributed by atoms with van der Waals surface area (Å²) in [5.74, 6) is -1.07. The van der Waals surface area contributed by atoms with Gasteiger partial charge >= 0.3 is 0 Å². The number of nitrogens with zero attached hydrogens (tertiary/aromatic N) is 1. The summed E-state index contributed by atoms with van der Waals surface area (Å²) >= 11 is 0. The minimum absolute atomic E-state index is 0. The second-order valence-corrected chi connectivity index (χ2v) is 10.2. The fourth-order valence-electron chi connectivity index (χ4n) is 6.12. The van der Waals surface area contributed by atoms with Gasteiger partial charge in [0.15, 0.2) is 10.9 Å². The van der Waals surface area contributed by atoms with Gasteiger partial charge in [0.25, 0.3) is 0 Å². The molecule has 1 fully saturated rings. The molecule has 0 saturated carbocycles. The maximum atomic E-state index is 13.8. The van der Waals surface area contributed by atoms with Crippen LogP contribution in [-0.4, -0.2) is 38.4 Å². The Hall–Kier alpha value is -3.29. The van der Waals surface area contributed by atoms with Crippen LogP contribution in [0, 0.1) is 6.92 Å². The Morgan fingerprint density at radius 3 is 2.17 bits per heavy atom. The van der Waals surface area contributed by atoms with E-state index in [4.69, 9.17) is 0 Å². The molecule has 0 amide bonds. The smallest absolute Gasteiger partial charge is 0.198 e. The van der Waals surface area contributed by atoms with Gasteiger partial charge in [-0.05, 0) is 75.3 Å². The van der Waals surface area contributed by atoms with Gasteiger partial charge in [-0.15, -0.1) is 12.4 Å². The largest absolute Gasteiger partial charge is 0.511 e. The predicted molar refractivity (Wildman–Crippen MR) is 138 cm³/mol. The van der Waals surface area contributed by atoms with Gasteiger partial charge in [-0.2, -0.15) is 0 Å². The normalized spacial score (nSPS) is 17.2. The zero-order chi connectivity index (χ0) is 24.3. The molecule has 4 aromatic carbocycles. The van der Waals surface area contributed by atoms with Crippen LogP contribution in [0.3, 0.4) is 0 Å². The average Bonchev–Trinajstić information content (AvgIpc) is 3.27. The number of likely N-dealkylation sites (tertiary alicyclic amines) is 1.